The number of aliphatic carboxylic acids is 1. The Labute approximate surface area is 101 Å². The van der Waals surface area contributed by atoms with Gasteiger partial charge >= 0.3 is 5.97 Å². The van der Waals surface area contributed by atoms with Crippen molar-refractivity contribution >= 4 is 11.9 Å². The topological polar surface area (TPSA) is 69.6 Å². The molecule has 96 valence electrons. The molecule has 0 saturated carbocycles. The van der Waals surface area contributed by atoms with Crippen LogP contribution in [0.2, 0.25) is 0 Å². The predicted molar refractivity (Wildman–Crippen MR) is 64.6 cm³/mol. The second-order valence-electron chi connectivity index (χ2n) is 4.37. The highest BCUT2D eigenvalue weighted by Crippen LogP contribution is 2.15. The lowest BCUT2D eigenvalue weighted by molar-refractivity contribution is -0.144. The van der Waals surface area contributed by atoms with Gasteiger partial charge in [0, 0.05) is 13.0 Å². The zero-order valence-electron chi connectivity index (χ0n) is 10.0. The summed E-state index contributed by atoms with van der Waals surface area (Å²) in [7, 11) is 0. The zero-order chi connectivity index (χ0) is 12.7. The maximum Gasteiger partial charge on any atom is 0.323 e. The minimum atomic E-state index is -0.984. The molecule has 1 heterocycles. The molecule has 1 unspecified atom stereocenters. The number of carboxylic acids is 1. The van der Waals surface area contributed by atoms with Crippen molar-refractivity contribution in [1.29, 1.82) is 0 Å². The fourth-order valence-electron chi connectivity index (χ4n) is 2.05. The molecule has 17 heavy (non-hydrogen) atoms. The van der Waals surface area contributed by atoms with Crippen molar-refractivity contribution in [3.05, 3.63) is 12.7 Å². The van der Waals surface area contributed by atoms with Crippen LogP contribution in [-0.2, 0) is 9.59 Å². The average molecular weight is 240 g/mol. The van der Waals surface area contributed by atoms with Gasteiger partial charge in [-0.3, -0.25) is 9.59 Å². The summed E-state index contributed by atoms with van der Waals surface area (Å²) in [5, 5.41) is 12.0. The van der Waals surface area contributed by atoms with Crippen molar-refractivity contribution in [2.75, 3.05) is 26.2 Å². The molecule has 1 atom stereocenters. The Balaban J connectivity index is 2.45. The van der Waals surface area contributed by atoms with Gasteiger partial charge in [-0.15, -0.1) is 6.58 Å². The number of hydrogen-bond acceptors (Lipinski definition) is 3. The first-order chi connectivity index (χ1) is 8.13. The molecule has 0 aromatic heterocycles. The predicted octanol–water partition coefficient (Wildman–Crippen LogP) is 0.475. The maximum atomic E-state index is 11.9. The highest BCUT2D eigenvalue weighted by Gasteiger charge is 2.21. The van der Waals surface area contributed by atoms with E-state index in [-0.39, 0.29) is 12.5 Å². The normalized spacial score (nSPS) is 19.6. The van der Waals surface area contributed by atoms with E-state index in [0.29, 0.717) is 18.9 Å². The van der Waals surface area contributed by atoms with Crippen molar-refractivity contribution in [3.63, 3.8) is 0 Å². The summed E-state index contributed by atoms with van der Waals surface area (Å²) in [5.74, 6) is -0.750. The van der Waals surface area contributed by atoms with Gasteiger partial charge in [-0.2, -0.15) is 0 Å². The first-order valence-electron chi connectivity index (χ1n) is 5.94. The van der Waals surface area contributed by atoms with Gasteiger partial charge in [0.2, 0.25) is 5.91 Å². The Morgan fingerprint density at radius 1 is 1.53 bits per heavy atom. The minimum absolute atomic E-state index is 0.0963. The third-order valence-electron chi connectivity index (χ3n) is 2.89. The average Bonchev–Trinajstić information content (AvgIpc) is 2.29. The Hall–Kier alpha value is -1.36. The summed E-state index contributed by atoms with van der Waals surface area (Å²) in [6.45, 7) is 5.45. The third kappa shape index (κ3) is 4.99. The number of piperidine rings is 1. The fourth-order valence-corrected chi connectivity index (χ4v) is 2.05. The molecule has 0 aromatic rings. The van der Waals surface area contributed by atoms with Crippen LogP contribution in [0.5, 0.6) is 0 Å². The number of nitrogens with one attached hydrogen (secondary N) is 1. The molecular formula is C12H20N2O3. The van der Waals surface area contributed by atoms with Gasteiger partial charge in [-0.25, -0.2) is 0 Å². The Bertz CT molecular complexity index is 285. The number of carboxylic acid groups (broad SMARTS) is 1. The van der Waals surface area contributed by atoms with Gasteiger partial charge in [0.05, 0.1) is 0 Å². The molecule has 1 aliphatic rings. The second kappa shape index (κ2) is 7.06. The molecule has 5 nitrogen and oxygen atoms in total. The molecule has 1 amide bonds. The highest BCUT2D eigenvalue weighted by atomic mass is 16.4. The molecule has 1 aliphatic heterocycles. The van der Waals surface area contributed by atoms with Crippen LogP contribution in [-0.4, -0.2) is 48.1 Å². The van der Waals surface area contributed by atoms with Crippen LogP contribution >= 0.6 is 0 Å². The fraction of sp³-hybridized carbons (Fsp3) is 0.667. The largest absolute Gasteiger partial charge is 0.480 e. The summed E-state index contributed by atoms with van der Waals surface area (Å²) in [6.07, 6.45) is 4.10. The molecule has 0 aromatic carbocycles. The van der Waals surface area contributed by atoms with E-state index < -0.39 is 5.97 Å². The number of nitrogens with zero attached hydrogens (tertiary/aromatic N) is 1. The molecule has 1 saturated heterocycles. The Morgan fingerprint density at radius 3 is 2.82 bits per heavy atom. The molecule has 1 rings (SSSR count). The number of carbonyl (C=O) groups is 2. The van der Waals surface area contributed by atoms with Gasteiger partial charge in [0.1, 0.15) is 6.54 Å². The monoisotopic (exact) mass is 240 g/mol. The third-order valence-corrected chi connectivity index (χ3v) is 2.89. The maximum absolute atomic E-state index is 11.9. The van der Waals surface area contributed by atoms with Crippen molar-refractivity contribution in [2.24, 2.45) is 5.92 Å². The van der Waals surface area contributed by atoms with Crippen molar-refractivity contribution in [1.82, 2.24) is 10.2 Å². The van der Waals surface area contributed by atoms with Crippen molar-refractivity contribution in [3.8, 4) is 0 Å². The van der Waals surface area contributed by atoms with Crippen LogP contribution in [0.15, 0.2) is 12.7 Å². The molecule has 1 fully saturated rings. The van der Waals surface area contributed by atoms with E-state index in [1.807, 2.05) is 0 Å². The number of amides is 1. The first-order valence-corrected chi connectivity index (χ1v) is 5.94. The molecular weight excluding hydrogens is 220 g/mol. The van der Waals surface area contributed by atoms with Gasteiger partial charge in [-0.1, -0.05) is 6.08 Å². The second-order valence-corrected chi connectivity index (χ2v) is 4.37. The Morgan fingerprint density at radius 2 is 2.29 bits per heavy atom. The Kier molecular flexibility index (Phi) is 5.69. The SMILES string of the molecule is C=CCN(CC(=O)O)C(=O)CC1CCCNC1. The van der Waals surface area contributed by atoms with E-state index in [4.69, 9.17) is 5.11 Å². The lowest BCUT2D eigenvalue weighted by Crippen LogP contribution is -2.39. The zero-order valence-corrected chi connectivity index (χ0v) is 10.0. The van der Waals surface area contributed by atoms with Gasteiger partial charge in [-0.05, 0) is 31.8 Å². The van der Waals surface area contributed by atoms with Crippen LogP contribution in [0.25, 0.3) is 0 Å². The van der Waals surface area contributed by atoms with Crippen LogP contribution < -0.4 is 5.32 Å². The number of carbonyl (C=O) groups excluding carboxylic acids is 1. The standard InChI is InChI=1S/C12H20N2O3/c1-2-6-14(9-12(16)17)11(15)7-10-4-3-5-13-8-10/h2,10,13H,1,3-9H2,(H,16,17). The highest BCUT2D eigenvalue weighted by molar-refractivity contribution is 5.81. The molecule has 5 heteroatoms. The molecule has 0 spiro atoms. The van der Waals surface area contributed by atoms with Crippen LogP contribution in [0, 0.1) is 5.92 Å². The summed E-state index contributed by atoms with van der Waals surface area (Å²) in [5.41, 5.74) is 0. The van der Waals surface area contributed by atoms with E-state index in [1.54, 1.807) is 6.08 Å². The minimum Gasteiger partial charge on any atom is -0.480 e. The summed E-state index contributed by atoms with van der Waals surface area (Å²) >= 11 is 0. The van der Waals surface area contributed by atoms with Crippen LogP contribution in [0.4, 0.5) is 0 Å². The van der Waals surface area contributed by atoms with Crippen LogP contribution in [0.1, 0.15) is 19.3 Å². The summed E-state index contributed by atoms with van der Waals surface area (Å²) in [4.78, 5) is 23.9. The van der Waals surface area contributed by atoms with Crippen molar-refractivity contribution < 1.29 is 14.7 Å². The summed E-state index contributed by atoms with van der Waals surface area (Å²) in [6, 6.07) is 0. The number of rotatable bonds is 6. The molecule has 0 aliphatic carbocycles. The van der Waals surface area contributed by atoms with Crippen LogP contribution in [0.3, 0.4) is 0 Å². The van der Waals surface area contributed by atoms with Gasteiger partial charge in [0.15, 0.2) is 0 Å². The lowest BCUT2D eigenvalue weighted by atomic mass is 9.95. The lowest BCUT2D eigenvalue weighted by Gasteiger charge is -2.25. The van der Waals surface area contributed by atoms with Gasteiger partial charge < -0.3 is 15.3 Å². The van der Waals surface area contributed by atoms with Gasteiger partial charge in [0.25, 0.3) is 0 Å². The molecule has 0 bridgehead atoms. The van der Waals surface area contributed by atoms with E-state index in [9.17, 15) is 9.59 Å². The smallest absolute Gasteiger partial charge is 0.323 e. The number of hydrogen-bond donors (Lipinski definition) is 2. The van der Waals surface area contributed by atoms with E-state index in [2.05, 4.69) is 11.9 Å². The summed E-state index contributed by atoms with van der Waals surface area (Å²) < 4.78 is 0. The molecule has 0 radical (unpaired) electrons. The first kappa shape index (κ1) is 13.7. The quantitative estimate of drug-likeness (QED) is 0.662. The molecule has 2 N–H and O–H groups in total. The van der Waals surface area contributed by atoms with E-state index in [1.165, 1.54) is 4.90 Å². The van der Waals surface area contributed by atoms with Crippen molar-refractivity contribution in [2.45, 2.75) is 19.3 Å². The van der Waals surface area contributed by atoms with E-state index >= 15 is 0 Å². The van der Waals surface area contributed by atoms with E-state index in [0.717, 1.165) is 25.9 Å².